The van der Waals surface area contributed by atoms with Gasteiger partial charge in [0, 0.05) is 36.3 Å². The number of nitro benzene ring substituents is 1. The van der Waals surface area contributed by atoms with Gasteiger partial charge in [0.25, 0.3) is 17.5 Å². The van der Waals surface area contributed by atoms with Crippen LogP contribution in [0.15, 0.2) is 42.5 Å². The van der Waals surface area contributed by atoms with E-state index >= 15 is 0 Å². The molecule has 9 heteroatoms. The molecule has 2 N–H and O–H groups in total. The smallest absolute Gasteiger partial charge is 0.269 e. The minimum absolute atomic E-state index is 0.0922. The molecule has 0 unspecified atom stereocenters. The first-order chi connectivity index (χ1) is 11.9. The highest BCUT2D eigenvalue weighted by atomic mass is 35.5. The molecule has 0 aliphatic rings. The van der Waals surface area contributed by atoms with Gasteiger partial charge in [0.05, 0.1) is 15.0 Å². The van der Waals surface area contributed by atoms with Crippen molar-refractivity contribution in [2.45, 2.75) is 0 Å². The number of non-ortho nitro benzene ring substituents is 1. The summed E-state index contributed by atoms with van der Waals surface area (Å²) in [5.41, 5.74) is 0.558. The molecular weight excluding hydrogens is 369 g/mol. The molecule has 0 aliphatic heterocycles. The van der Waals surface area contributed by atoms with Gasteiger partial charge in [0.15, 0.2) is 0 Å². The predicted molar refractivity (Wildman–Crippen MR) is 94.2 cm³/mol. The summed E-state index contributed by atoms with van der Waals surface area (Å²) >= 11 is 11.6. The van der Waals surface area contributed by atoms with Crippen molar-refractivity contribution < 1.29 is 14.5 Å². The number of nitro groups is 1. The van der Waals surface area contributed by atoms with Gasteiger partial charge in [-0.3, -0.25) is 19.7 Å². The van der Waals surface area contributed by atoms with Crippen LogP contribution in [0.25, 0.3) is 0 Å². The zero-order valence-electron chi connectivity index (χ0n) is 12.8. The Hall–Kier alpha value is -2.64. The predicted octanol–water partition coefficient (Wildman–Crippen LogP) is 3.06. The topological polar surface area (TPSA) is 101 Å². The van der Waals surface area contributed by atoms with Crippen LogP contribution in [0.2, 0.25) is 10.0 Å². The van der Waals surface area contributed by atoms with Crippen LogP contribution >= 0.6 is 23.2 Å². The van der Waals surface area contributed by atoms with Crippen LogP contribution in [0.3, 0.4) is 0 Å². The summed E-state index contributed by atoms with van der Waals surface area (Å²) in [6, 6.07) is 9.74. The Bertz CT molecular complexity index is 810. The van der Waals surface area contributed by atoms with Crippen molar-refractivity contribution in [1.82, 2.24) is 10.6 Å². The molecule has 7 nitrogen and oxygen atoms in total. The normalized spacial score (nSPS) is 10.2. The highest BCUT2D eigenvalue weighted by Crippen LogP contribution is 2.22. The monoisotopic (exact) mass is 381 g/mol. The number of carbonyl (C=O) groups excluding carboxylic acids is 2. The quantitative estimate of drug-likeness (QED) is 0.456. The standard InChI is InChI=1S/C16H13Cl2N3O4/c17-13-6-3-11(9-14(13)18)16(23)20-8-7-19-15(22)10-1-4-12(5-2-10)21(24)25/h1-6,9H,7-8H2,(H,19,22)(H,20,23). The molecule has 2 rings (SSSR count). The molecule has 25 heavy (non-hydrogen) atoms. The van der Waals surface area contributed by atoms with Gasteiger partial charge < -0.3 is 10.6 Å². The minimum Gasteiger partial charge on any atom is -0.350 e. The van der Waals surface area contributed by atoms with E-state index in [-0.39, 0.29) is 29.7 Å². The van der Waals surface area contributed by atoms with Crippen LogP contribution in [0.5, 0.6) is 0 Å². The fourth-order valence-corrected chi connectivity index (χ4v) is 2.23. The van der Waals surface area contributed by atoms with Gasteiger partial charge in [-0.1, -0.05) is 23.2 Å². The van der Waals surface area contributed by atoms with Crippen LogP contribution in [0.1, 0.15) is 20.7 Å². The first-order valence-electron chi connectivity index (χ1n) is 7.14. The van der Waals surface area contributed by atoms with E-state index in [2.05, 4.69) is 10.6 Å². The molecule has 0 spiro atoms. The average molecular weight is 382 g/mol. The van der Waals surface area contributed by atoms with E-state index in [0.29, 0.717) is 16.1 Å². The second-order valence-electron chi connectivity index (χ2n) is 4.94. The van der Waals surface area contributed by atoms with Gasteiger partial charge >= 0.3 is 0 Å². The molecular formula is C16H13Cl2N3O4. The van der Waals surface area contributed by atoms with E-state index in [1.807, 2.05) is 0 Å². The fraction of sp³-hybridized carbons (Fsp3) is 0.125. The maximum atomic E-state index is 11.9. The van der Waals surface area contributed by atoms with Gasteiger partial charge in [-0.05, 0) is 30.3 Å². The number of rotatable bonds is 6. The molecule has 0 saturated carbocycles. The fourth-order valence-electron chi connectivity index (χ4n) is 1.93. The third-order valence-electron chi connectivity index (χ3n) is 3.22. The molecule has 0 heterocycles. The summed E-state index contributed by atoms with van der Waals surface area (Å²) in [6.45, 7) is 0.403. The number of nitrogens with one attached hydrogen (secondary N) is 2. The third-order valence-corrected chi connectivity index (χ3v) is 3.96. The molecule has 2 amide bonds. The maximum Gasteiger partial charge on any atom is 0.269 e. The Labute approximate surface area is 153 Å². The van der Waals surface area contributed by atoms with Crippen molar-refractivity contribution in [2.75, 3.05) is 13.1 Å². The summed E-state index contributed by atoms with van der Waals surface area (Å²) in [7, 11) is 0. The van der Waals surface area contributed by atoms with Crippen LogP contribution in [0, 0.1) is 10.1 Å². The van der Waals surface area contributed by atoms with E-state index < -0.39 is 10.8 Å². The van der Waals surface area contributed by atoms with Gasteiger partial charge in [0.1, 0.15) is 0 Å². The molecule has 0 radical (unpaired) electrons. The van der Waals surface area contributed by atoms with Crippen molar-refractivity contribution in [3.63, 3.8) is 0 Å². The molecule has 0 bridgehead atoms. The second kappa shape index (κ2) is 8.46. The second-order valence-corrected chi connectivity index (χ2v) is 5.76. The Morgan fingerprint density at radius 2 is 1.40 bits per heavy atom. The molecule has 130 valence electrons. The van der Waals surface area contributed by atoms with Gasteiger partial charge in [-0.25, -0.2) is 0 Å². The molecule has 0 saturated heterocycles. The molecule has 0 aromatic heterocycles. The first kappa shape index (κ1) is 18.7. The molecule has 2 aromatic rings. The number of benzene rings is 2. The molecule has 2 aromatic carbocycles. The highest BCUT2D eigenvalue weighted by Gasteiger charge is 2.10. The van der Waals surface area contributed by atoms with E-state index in [1.165, 1.54) is 36.4 Å². The Morgan fingerprint density at radius 1 is 0.880 bits per heavy atom. The number of carbonyl (C=O) groups is 2. The lowest BCUT2D eigenvalue weighted by atomic mass is 10.2. The van der Waals surface area contributed by atoms with Crippen molar-refractivity contribution >= 4 is 40.7 Å². The highest BCUT2D eigenvalue weighted by molar-refractivity contribution is 6.42. The Balaban J connectivity index is 1.80. The number of hydrogen-bond acceptors (Lipinski definition) is 4. The lowest BCUT2D eigenvalue weighted by molar-refractivity contribution is -0.384. The largest absolute Gasteiger partial charge is 0.350 e. The molecule has 0 atom stereocenters. The molecule has 0 fully saturated rings. The first-order valence-corrected chi connectivity index (χ1v) is 7.90. The lowest BCUT2D eigenvalue weighted by Crippen LogP contribution is -2.34. The van der Waals surface area contributed by atoms with Gasteiger partial charge in [-0.2, -0.15) is 0 Å². The van der Waals surface area contributed by atoms with Crippen LogP contribution < -0.4 is 10.6 Å². The average Bonchev–Trinajstić information content (AvgIpc) is 2.60. The number of amides is 2. The Kier molecular flexibility index (Phi) is 6.32. The van der Waals surface area contributed by atoms with Crippen molar-refractivity contribution in [3.05, 3.63) is 73.8 Å². The van der Waals surface area contributed by atoms with Crippen LogP contribution in [-0.4, -0.2) is 29.8 Å². The van der Waals surface area contributed by atoms with Crippen LogP contribution in [0.4, 0.5) is 5.69 Å². The summed E-state index contributed by atoms with van der Waals surface area (Å²) < 4.78 is 0. The van der Waals surface area contributed by atoms with Gasteiger partial charge in [0.2, 0.25) is 0 Å². The lowest BCUT2D eigenvalue weighted by Gasteiger charge is -2.08. The minimum atomic E-state index is -0.541. The zero-order valence-corrected chi connectivity index (χ0v) is 14.3. The third kappa shape index (κ3) is 5.17. The van der Waals surface area contributed by atoms with E-state index in [4.69, 9.17) is 23.2 Å². The SMILES string of the molecule is O=C(NCCNC(=O)c1ccc(Cl)c(Cl)c1)c1ccc([N+](=O)[O-])cc1. The number of nitrogens with zero attached hydrogens (tertiary/aromatic N) is 1. The van der Waals surface area contributed by atoms with Crippen molar-refractivity contribution in [1.29, 1.82) is 0 Å². The summed E-state index contributed by atoms with van der Waals surface area (Å²) in [5.74, 6) is -0.734. The summed E-state index contributed by atoms with van der Waals surface area (Å²) in [6.07, 6.45) is 0. The van der Waals surface area contributed by atoms with E-state index in [1.54, 1.807) is 6.07 Å². The molecule has 0 aliphatic carbocycles. The Morgan fingerprint density at radius 3 is 1.92 bits per heavy atom. The zero-order chi connectivity index (χ0) is 18.4. The summed E-state index contributed by atoms with van der Waals surface area (Å²) in [5, 5.41) is 16.4. The van der Waals surface area contributed by atoms with Gasteiger partial charge in [-0.15, -0.1) is 0 Å². The van der Waals surface area contributed by atoms with Crippen molar-refractivity contribution in [2.24, 2.45) is 0 Å². The number of hydrogen-bond donors (Lipinski definition) is 2. The summed E-state index contributed by atoms with van der Waals surface area (Å²) in [4.78, 5) is 33.9. The van der Waals surface area contributed by atoms with Crippen molar-refractivity contribution in [3.8, 4) is 0 Å². The van der Waals surface area contributed by atoms with Crippen LogP contribution in [-0.2, 0) is 0 Å². The van der Waals surface area contributed by atoms with E-state index in [9.17, 15) is 19.7 Å². The maximum absolute atomic E-state index is 11.9. The number of halogens is 2. The van der Waals surface area contributed by atoms with E-state index in [0.717, 1.165) is 0 Å².